The molecule has 0 aliphatic heterocycles. The van der Waals surface area contributed by atoms with Gasteiger partial charge in [-0.15, -0.1) is 0 Å². The molecule has 98 valence electrons. The molecule has 2 rings (SSSR count). The molecule has 0 radical (unpaired) electrons. The number of carbonyl (C=O) groups is 1. The normalized spacial score (nSPS) is 16.3. The Morgan fingerprint density at radius 3 is 2.61 bits per heavy atom. The zero-order valence-corrected chi connectivity index (χ0v) is 11.0. The zero-order valence-electron chi connectivity index (χ0n) is 11.0. The highest BCUT2D eigenvalue weighted by Crippen LogP contribution is 2.47. The van der Waals surface area contributed by atoms with Crippen LogP contribution in [-0.2, 0) is 10.2 Å². The lowest BCUT2D eigenvalue weighted by Gasteiger charge is -2.16. The van der Waals surface area contributed by atoms with E-state index in [-0.39, 0.29) is 11.3 Å². The molecule has 1 aliphatic carbocycles. The van der Waals surface area contributed by atoms with E-state index >= 15 is 0 Å². The third kappa shape index (κ3) is 3.33. The van der Waals surface area contributed by atoms with Crippen LogP contribution in [0, 0.1) is 0 Å². The van der Waals surface area contributed by atoms with Crippen LogP contribution in [0.5, 0.6) is 0 Å². The fraction of sp³-hybridized carbons (Fsp3) is 0.533. The Kier molecular flexibility index (Phi) is 4.37. The number of hydrogen-bond donors (Lipinski definition) is 2. The third-order valence-corrected chi connectivity index (χ3v) is 3.69. The van der Waals surface area contributed by atoms with Crippen molar-refractivity contribution >= 4 is 5.91 Å². The van der Waals surface area contributed by atoms with Crippen molar-refractivity contribution in [2.75, 3.05) is 20.1 Å². The van der Waals surface area contributed by atoms with Gasteiger partial charge < -0.3 is 10.6 Å². The van der Waals surface area contributed by atoms with Crippen molar-refractivity contribution in [2.45, 2.75) is 31.1 Å². The van der Waals surface area contributed by atoms with Crippen molar-refractivity contribution in [3.05, 3.63) is 35.9 Å². The topological polar surface area (TPSA) is 41.1 Å². The molecule has 3 nitrogen and oxygen atoms in total. The molecule has 1 saturated carbocycles. The van der Waals surface area contributed by atoms with Crippen LogP contribution in [0.1, 0.15) is 31.2 Å². The van der Waals surface area contributed by atoms with Gasteiger partial charge in [-0.2, -0.15) is 0 Å². The maximum absolute atomic E-state index is 11.7. The average Bonchev–Trinajstić information content (AvgIpc) is 3.19. The first-order valence-corrected chi connectivity index (χ1v) is 6.74. The van der Waals surface area contributed by atoms with Crippen LogP contribution in [0.15, 0.2) is 30.3 Å². The van der Waals surface area contributed by atoms with Gasteiger partial charge in [0.1, 0.15) is 0 Å². The lowest BCUT2D eigenvalue weighted by atomic mass is 9.96. The van der Waals surface area contributed by atoms with Gasteiger partial charge in [0.2, 0.25) is 5.91 Å². The Morgan fingerprint density at radius 1 is 1.28 bits per heavy atom. The summed E-state index contributed by atoms with van der Waals surface area (Å²) in [6.45, 7) is 1.69. The fourth-order valence-electron chi connectivity index (χ4n) is 2.29. The minimum absolute atomic E-state index is 0.174. The summed E-state index contributed by atoms with van der Waals surface area (Å²) in [5.74, 6) is 0.174. The molecule has 2 N–H and O–H groups in total. The van der Waals surface area contributed by atoms with E-state index in [9.17, 15) is 4.79 Å². The number of benzene rings is 1. The average molecular weight is 246 g/mol. The summed E-state index contributed by atoms with van der Waals surface area (Å²) in [5, 5.41) is 6.13. The molecule has 1 amide bonds. The van der Waals surface area contributed by atoms with Crippen molar-refractivity contribution < 1.29 is 4.79 Å². The van der Waals surface area contributed by atoms with E-state index in [0.717, 1.165) is 19.5 Å². The standard InChI is InChI=1S/C15H22N2O/c1-16-11-5-8-14(18)17-12-15(9-10-15)13-6-3-2-4-7-13/h2-4,6-7,16H,5,8-12H2,1H3,(H,17,18). The maximum atomic E-state index is 11.7. The molecule has 0 spiro atoms. The molecule has 3 heteroatoms. The molecule has 1 aliphatic rings. The molecule has 0 heterocycles. The number of nitrogens with one attached hydrogen (secondary N) is 2. The van der Waals surface area contributed by atoms with Crippen LogP contribution in [0.4, 0.5) is 0 Å². The quantitative estimate of drug-likeness (QED) is 0.721. The zero-order chi connectivity index (χ0) is 12.8. The van der Waals surface area contributed by atoms with Crippen molar-refractivity contribution in [1.29, 1.82) is 0 Å². The fourth-order valence-corrected chi connectivity index (χ4v) is 2.29. The molecule has 0 atom stereocenters. The number of amides is 1. The van der Waals surface area contributed by atoms with Crippen molar-refractivity contribution in [1.82, 2.24) is 10.6 Å². The molecule has 0 aromatic heterocycles. The van der Waals surface area contributed by atoms with Crippen LogP contribution in [-0.4, -0.2) is 26.0 Å². The lowest BCUT2D eigenvalue weighted by Crippen LogP contribution is -2.32. The summed E-state index contributed by atoms with van der Waals surface area (Å²) < 4.78 is 0. The molecule has 0 bridgehead atoms. The predicted octanol–water partition coefficient (Wildman–Crippen LogP) is 1.83. The van der Waals surface area contributed by atoms with E-state index in [1.165, 1.54) is 18.4 Å². The monoisotopic (exact) mass is 246 g/mol. The van der Waals surface area contributed by atoms with E-state index in [2.05, 4.69) is 34.9 Å². The highest BCUT2D eigenvalue weighted by Gasteiger charge is 2.44. The Morgan fingerprint density at radius 2 is 2.00 bits per heavy atom. The van der Waals surface area contributed by atoms with E-state index in [1.807, 2.05) is 13.1 Å². The van der Waals surface area contributed by atoms with Crippen LogP contribution < -0.4 is 10.6 Å². The number of rotatable bonds is 7. The van der Waals surface area contributed by atoms with Crippen LogP contribution in [0.3, 0.4) is 0 Å². The molecule has 1 fully saturated rings. The van der Waals surface area contributed by atoms with Gasteiger partial charge >= 0.3 is 0 Å². The van der Waals surface area contributed by atoms with E-state index in [0.29, 0.717) is 6.42 Å². The summed E-state index contributed by atoms with van der Waals surface area (Å²) in [6, 6.07) is 10.5. The largest absolute Gasteiger partial charge is 0.355 e. The Balaban J connectivity index is 1.78. The highest BCUT2D eigenvalue weighted by molar-refractivity contribution is 5.76. The summed E-state index contributed by atoms with van der Waals surface area (Å²) >= 11 is 0. The first-order valence-electron chi connectivity index (χ1n) is 6.74. The van der Waals surface area contributed by atoms with Gasteiger partial charge in [-0.05, 0) is 38.4 Å². The van der Waals surface area contributed by atoms with Crippen molar-refractivity contribution in [3.63, 3.8) is 0 Å². The smallest absolute Gasteiger partial charge is 0.220 e. The first-order chi connectivity index (χ1) is 8.77. The van der Waals surface area contributed by atoms with Gasteiger partial charge in [-0.25, -0.2) is 0 Å². The van der Waals surface area contributed by atoms with Crippen molar-refractivity contribution in [3.8, 4) is 0 Å². The Hall–Kier alpha value is -1.35. The summed E-state index contributed by atoms with van der Waals surface area (Å²) in [7, 11) is 1.91. The van der Waals surface area contributed by atoms with Gasteiger partial charge in [0.15, 0.2) is 0 Å². The van der Waals surface area contributed by atoms with Gasteiger partial charge in [-0.3, -0.25) is 4.79 Å². The molecular formula is C15H22N2O. The minimum atomic E-state index is 0.174. The Labute approximate surface area is 109 Å². The molecule has 1 aromatic carbocycles. The number of hydrogen-bond acceptors (Lipinski definition) is 2. The molecule has 0 saturated heterocycles. The van der Waals surface area contributed by atoms with E-state index < -0.39 is 0 Å². The first kappa shape index (κ1) is 13.1. The van der Waals surface area contributed by atoms with E-state index in [1.54, 1.807) is 0 Å². The second-order valence-corrected chi connectivity index (χ2v) is 5.13. The third-order valence-electron chi connectivity index (χ3n) is 3.69. The molecule has 0 unspecified atom stereocenters. The van der Waals surface area contributed by atoms with E-state index in [4.69, 9.17) is 0 Å². The summed E-state index contributed by atoms with van der Waals surface area (Å²) in [4.78, 5) is 11.7. The summed E-state index contributed by atoms with van der Waals surface area (Å²) in [6.07, 6.45) is 3.90. The van der Waals surface area contributed by atoms with Crippen LogP contribution in [0.25, 0.3) is 0 Å². The van der Waals surface area contributed by atoms with Gasteiger partial charge in [0, 0.05) is 18.4 Å². The van der Waals surface area contributed by atoms with Gasteiger partial charge in [0.05, 0.1) is 0 Å². The van der Waals surface area contributed by atoms with Crippen molar-refractivity contribution in [2.24, 2.45) is 0 Å². The van der Waals surface area contributed by atoms with Crippen LogP contribution in [0.2, 0.25) is 0 Å². The maximum Gasteiger partial charge on any atom is 0.220 e. The molecule has 18 heavy (non-hydrogen) atoms. The summed E-state index contributed by atoms with van der Waals surface area (Å²) in [5.41, 5.74) is 1.58. The lowest BCUT2D eigenvalue weighted by molar-refractivity contribution is -0.121. The molecule has 1 aromatic rings. The Bertz CT molecular complexity index is 385. The second-order valence-electron chi connectivity index (χ2n) is 5.13. The second kappa shape index (κ2) is 6.01. The van der Waals surface area contributed by atoms with Gasteiger partial charge in [-0.1, -0.05) is 30.3 Å². The minimum Gasteiger partial charge on any atom is -0.355 e. The SMILES string of the molecule is CNCCCC(=O)NCC1(c2ccccc2)CC1. The number of carbonyl (C=O) groups excluding carboxylic acids is 1. The van der Waals surface area contributed by atoms with Gasteiger partial charge in [0.25, 0.3) is 0 Å². The predicted molar refractivity (Wildman–Crippen MR) is 73.5 cm³/mol. The highest BCUT2D eigenvalue weighted by atomic mass is 16.1. The molecular weight excluding hydrogens is 224 g/mol. The van der Waals surface area contributed by atoms with Crippen LogP contribution >= 0.6 is 0 Å².